The molecule has 0 radical (unpaired) electrons. The first kappa shape index (κ1) is 59.7. The minimum absolute atomic E-state index is 0.0261. The summed E-state index contributed by atoms with van der Waals surface area (Å²) >= 11 is 0. The summed E-state index contributed by atoms with van der Waals surface area (Å²) in [5, 5.41) is 15.6. The lowest BCUT2D eigenvalue weighted by molar-refractivity contribution is -0.133. The molecule has 2 aliphatic carbocycles. The summed E-state index contributed by atoms with van der Waals surface area (Å²) in [5.74, 6) is -2.99. The molecular formula is C42H83N25O4. The fraction of sp³-hybridized carbons (Fsp3) is 0.667. The Morgan fingerprint density at radius 3 is 0.915 bits per heavy atom. The van der Waals surface area contributed by atoms with Gasteiger partial charge in [0.15, 0.2) is 35.8 Å². The van der Waals surface area contributed by atoms with Gasteiger partial charge in [-0.15, -0.1) is 0 Å². The molecule has 33 N–H and O–H groups in total. The number of rotatable bonds is 37. The van der Waals surface area contributed by atoms with Crippen molar-refractivity contribution in [2.45, 2.75) is 139 Å². The molecule has 0 aromatic rings. The molecule has 71 heavy (non-hydrogen) atoms. The Bertz CT molecular complexity index is 1960. The average molecular weight is 1000 g/mol. The predicted octanol–water partition coefficient (Wildman–Crippen LogP) is -6.41. The van der Waals surface area contributed by atoms with Crippen LogP contribution in [-0.4, -0.2) is 135 Å². The van der Waals surface area contributed by atoms with Gasteiger partial charge < -0.3 is 107 Å². The molecule has 0 saturated heterocycles. The van der Waals surface area contributed by atoms with Crippen molar-refractivity contribution in [3.8, 4) is 0 Å². The van der Waals surface area contributed by atoms with E-state index in [-0.39, 0.29) is 107 Å². The number of amides is 4. The highest BCUT2D eigenvalue weighted by Crippen LogP contribution is 2.34. The molecule has 0 spiro atoms. The van der Waals surface area contributed by atoms with E-state index in [1.165, 1.54) is 0 Å². The molecule has 2 saturated carbocycles. The van der Waals surface area contributed by atoms with E-state index in [9.17, 15) is 19.2 Å². The molecule has 1 unspecified atom stereocenters. The summed E-state index contributed by atoms with van der Waals surface area (Å²) in [6.07, 6.45) is 6.89. The molecular weight excluding hydrogens is 919 g/mol. The number of hydrogen-bond donors (Lipinski definition) is 19. The maximum atomic E-state index is 14.6. The topological polar surface area (TPSA) is 567 Å². The second-order valence-corrected chi connectivity index (χ2v) is 17.3. The lowest BCUT2D eigenvalue weighted by atomic mass is 10.0. The van der Waals surface area contributed by atoms with Crippen LogP contribution >= 0.6 is 0 Å². The third-order valence-electron chi connectivity index (χ3n) is 11.1. The molecule has 0 aromatic carbocycles. The van der Waals surface area contributed by atoms with E-state index >= 15 is 0 Å². The lowest BCUT2D eigenvalue weighted by Gasteiger charge is -2.30. The van der Waals surface area contributed by atoms with Gasteiger partial charge in [0.05, 0.1) is 6.04 Å². The Balaban J connectivity index is 2.53. The van der Waals surface area contributed by atoms with Gasteiger partial charge in [0.25, 0.3) is 0 Å². The normalized spacial score (nSPS) is 14.8. The van der Waals surface area contributed by atoms with Crippen LogP contribution in [-0.2, 0) is 19.2 Å². The summed E-state index contributed by atoms with van der Waals surface area (Å²) in [6, 6.07) is -5.27. The standard InChI is InChI=1S/C42H83N25O4/c43-25(7-1-17-57-37(45)46)31(23-13-14-23)64-28(10-4-20-60-40(51)52)34(69)66-30(12-6-22-62-42(55)56)36(71)67-29(11-5-21-61-41(53)54)35(70)65-26(8-2-18-58-38(47)48)32(24-15-16-24)63-27(33(44)68)9-3-19-59-39(49)50/h25-30,63-64H,1-22,43H2,(H2,44,68)(H,65,70)(H,66,69)(H,67,71)(H4,45,46,57)(H4,47,48,58)(H4,49,50,59)(H4,51,52,60)(H4,53,54,61)(H4,55,56,62)/t25-,26?,27-,28-,29-,30-/m1/s1. The van der Waals surface area contributed by atoms with E-state index in [4.69, 9.17) is 80.3 Å². The van der Waals surface area contributed by atoms with E-state index in [1.807, 2.05) is 0 Å². The molecule has 6 atom stereocenters. The Kier molecular flexibility index (Phi) is 27.2. The number of nitrogens with one attached hydrogen (secondary N) is 5. The minimum Gasteiger partial charge on any atom is -0.376 e. The molecule has 29 nitrogen and oxygen atoms in total. The van der Waals surface area contributed by atoms with Crippen LogP contribution in [0.1, 0.15) is 103 Å². The van der Waals surface area contributed by atoms with Crippen molar-refractivity contribution >= 4 is 59.4 Å². The highest BCUT2D eigenvalue weighted by molar-refractivity contribution is 5.93. The van der Waals surface area contributed by atoms with Crippen LogP contribution in [0.4, 0.5) is 0 Å². The summed E-state index contributed by atoms with van der Waals surface area (Å²) < 4.78 is 0. The zero-order valence-electron chi connectivity index (χ0n) is 40.9. The SMILES string of the molecule is NC(=O)[C@@H](CCCN=C(N)N)NC(=C1CC1)C(CCCN=C(N)N)NC(=O)[C@@H](CCCN=C(N)N)NC(=O)[C@@H](CCCN=C(N)N)NC(=O)[C@@H](CCCN=C(N)N)NC(=C1CC1)[C@H](N)CCCN=C(N)N. The van der Waals surface area contributed by atoms with E-state index < -0.39 is 59.9 Å². The summed E-state index contributed by atoms with van der Waals surface area (Å²) in [6.45, 7) is 1.39. The molecule has 0 bridgehead atoms. The predicted molar refractivity (Wildman–Crippen MR) is 279 cm³/mol. The molecule has 0 aromatic heterocycles. The van der Waals surface area contributed by atoms with Crippen molar-refractivity contribution in [3.63, 3.8) is 0 Å². The van der Waals surface area contributed by atoms with Crippen molar-refractivity contribution in [2.75, 3.05) is 39.3 Å². The van der Waals surface area contributed by atoms with E-state index in [1.54, 1.807) is 0 Å². The zero-order valence-corrected chi connectivity index (χ0v) is 40.9. The smallest absolute Gasteiger partial charge is 0.243 e. The second kappa shape index (κ2) is 32.4. The minimum atomic E-state index is -1.19. The van der Waals surface area contributed by atoms with Crippen LogP contribution in [0.3, 0.4) is 0 Å². The van der Waals surface area contributed by atoms with Crippen molar-refractivity contribution in [1.82, 2.24) is 26.6 Å². The molecule has 29 heteroatoms. The molecule has 0 aliphatic heterocycles. The van der Waals surface area contributed by atoms with Gasteiger partial charge in [0.1, 0.15) is 24.2 Å². The number of aliphatic imine (C=N–C) groups is 6. The van der Waals surface area contributed by atoms with Crippen molar-refractivity contribution < 1.29 is 19.2 Å². The van der Waals surface area contributed by atoms with Crippen LogP contribution in [0.15, 0.2) is 52.5 Å². The van der Waals surface area contributed by atoms with Crippen LogP contribution < -0.4 is 107 Å². The molecule has 400 valence electrons. The van der Waals surface area contributed by atoms with Crippen LogP contribution in [0.5, 0.6) is 0 Å². The first-order valence-electron chi connectivity index (χ1n) is 23.9. The van der Waals surface area contributed by atoms with Crippen molar-refractivity contribution in [3.05, 3.63) is 22.5 Å². The number of allylic oxidation sites excluding steroid dienone is 2. The van der Waals surface area contributed by atoms with Crippen molar-refractivity contribution in [1.29, 1.82) is 0 Å². The van der Waals surface area contributed by atoms with Crippen LogP contribution in [0, 0.1) is 0 Å². The largest absolute Gasteiger partial charge is 0.376 e. The number of carbonyl (C=O) groups is 4. The number of nitrogens with two attached hydrogens (primary N) is 14. The maximum absolute atomic E-state index is 14.6. The number of primary amides is 1. The number of carbonyl (C=O) groups excluding carboxylic acids is 4. The zero-order chi connectivity index (χ0) is 52.9. The molecule has 2 aliphatic rings. The fourth-order valence-corrected chi connectivity index (χ4v) is 7.34. The molecule has 2 fully saturated rings. The highest BCUT2D eigenvalue weighted by Gasteiger charge is 2.34. The first-order chi connectivity index (χ1) is 33.7. The Morgan fingerprint density at radius 1 is 0.352 bits per heavy atom. The molecule has 0 heterocycles. The third-order valence-corrected chi connectivity index (χ3v) is 11.1. The van der Waals surface area contributed by atoms with Crippen LogP contribution in [0.2, 0.25) is 0 Å². The average Bonchev–Trinajstić information content (AvgIpc) is 4.23. The Hall–Kier alpha value is -7.46. The molecule has 2 rings (SSSR count). The van der Waals surface area contributed by atoms with Crippen LogP contribution in [0.25, 0.3) is 0 Å². The van der Waals surface area contributed by atoms with Gasteiger partial charge >= 0.3 is 0 Å². The van der Waals surface area contributed by atoms with E-state index in [2.05, 4.69) is 56.5 Å². The van der Waals surface area contributed by atoms with Crippen molar-refractivity contribution in [2.24, 2.45) is 110 Å². The highest BCUT2D eigenvalue weighted by atomic mass is 16.2. The Morgan fingerprint density at radius 2 is 0.606 bits per heavy atom. The number of hydrogen-bond acceptors (Lipinski definition) is 13. The molecule has 4 amide bonds. The fourth-order valence-electron chi connectivity index (χ4n) is 7.34. The van der Waals surface area contributed by atoms with Gasteiger partial charge in [-0.25, -0.2) is 0 Å². The van der Waals surface area contributed by atoms with Gasteiger partial charge in [0, 0.05) is 56.7 Å². The summed E-state index contributed by atoms with van der Waals surface area (Å²) in [5.41, 5.74) is 82.6. The van der Waals surface area contributed by atoms with E-state index in [0.29, 0.717) is 63.6 Å². The third kappa shape index (κ3) is 26.8. The Labute approximate surface area is 415 Å². The number of guanidine groups is 6. The van der Waals surface area contributed by atoms with Gasteiger partial charge in [-0.3, -0.25) is 49.1 Å². The summed E-state index contributed by atoms with van der Waals surface area (Å²) in [4.78, 5) is 80.6. The maximum Gasteiger partial charge on any atom is 0.243 e. The lowest BCUT2D eigenvalue weighted by Crippen LogP contribution is -2.57. The first-order valence-corrected chi connectivity index (χ1v) is 23.9. The monoisotopic (exact) mass is 1000 g/mol. The van der Waals surface area contributed by atoms with Gasteiger partial charge in [-0.2, -0.15) is 0 Å². The summed E-state index contributed by atoms with van der Waals surface area (Å²) in [7, 11) is 0. The van der Waals surface area contributed by atoms with E-state index in [0.717, 1.165) is 29.7 Å². The van der Waals surface area contributed by atoms with Gasteiger partial charge in [0.2, 0.25) is 23.6 Å². The quantitative estimate of drug-likeness (QED) is 0.0156. The second-order valence-electron chi connectivity index (χ2n) is 17.3. The van der Waals surface area contributed by atoms with Gasteiger partial charge in [-0.1, -0.05) is 0 Å². The van der Waals surface area contributed by atoms with Gasteiger partial charge in [-0.05, 0) is 114 Å². The number of nitrogens with zero attached hydrogens (tertiary/aromatic N) is 6.